The lowest BCUT2D eigenvalue weighted by Gasteiger charge is -2.29. The van der Waals surface area contributed by atoms with Crippen LogP contribution in [-0.4, -0.2) is 33.7 Å². The number of nitrogens with one attached hydrogen (secondary N) is 1. The number of nitro groups is 1. The highest BCUT2D eigenvalue weighted by atomic mass is 16.6. The van der Waals surface area contributed by atoms with Gasteiger partial charge in [-0.25, -0.2) is 9.59 Å². The summed E-state index contributed by atoms with van der Waals surface area (Å²) in [4.78, 5) is 35.7. The van der Waals surface area contributed by atoms with E-state index in [0.29, 0.717) is 17.0 Å². The minimum absolute atomic E-state index is 0.0662. The van der Waals surface area contributed by atoms with Gasteiger partial charge in [0.15, 0.2) is 0 Å². The van der Waals surface area contributed by atoms with E-state index in [2.05, 4.69) is 5.32 Å². The van der Waals surface area contributed by atoms with Crippen LogP contribution in [-0.2, 0) is 14.3 Å². The second-order valence-corrected chi connectivity index (χ2v) is 7.38. The zero-order chi connectivity index (χ0) is 24.1. The van der Waals surface area contributed by atoms with Crippen molar-refractivity contribution in [2.75, 3.05) is 6.61 Å². The van der Waals surface area contributed by atoms with Crippen LogP contribution in [0.3, 0.4) is 0 Å². The second kappa shape index (κ2) is 9.82. The summed E-state index contributed by atoms with van der Waals surface area (Å²) >= 11 is 0. The Morgan fingerprint density at radius 3 is 2.42 bits per heavy atom. The average molecular weight is 450 g/mol. The first kappa shape index (κ1) is 23.3. The monoisotopic (exact) mass is 450 g/mol. The lowest BCUT2D eigenvalue weighted by atomic mass is 9.80. The van der Waals surface area contributed by atoms with Crippen molar-refractivity contribution in [1.82, 2.24) is 5.32 Å². The minimum Gasteiger partial charge on any atom is -0.508 e. The predicted molar refractivity (Wildman–Crippen MR) is 120 cm³/mol. The van der Waals surface area contributed by atoms with Crippen molar-refractivity contribution in [3.05, 3.63) is 98.4 Å². The SMILES string of the molecule is CC1=C(C(=O)O)C(c2cccc([N+](=O)[O-])c2)C(C(=O)OCC=Cc2ccc(O)cc2)=C(C)N1. The number of non-ortho nitro benzene ring substituents is 1. The normalized spacial score (nSPS) is 16.0. The number of carbonyl (C=O) groups excluding carboxylic acids is 1. The third-order valence-electron chi connectivity index (χ3n) is 5.14. The van der Waals surface area contributed by atoms with Gasteiger partial charge in [0.05, 0.1) is 22.0 Å². The first-order valence-corrected chi connectivity index (χ1v) is 9.98. The number of nitro benzene ring substituents is 1. The summed E-state index contributed by atoms with van der Waals surface area (Å²) in [6.45, 7) is 3.11. The molecule has 1 aliphatic rings. The number of carboxylic acids is 1. The van der Waals surface area contributed by atoms with E-state index in [1.54, 1.807) is 44.2 Å². The number of carbonyl (C=O) groups is 2. The molecule has 1 heterocycles. The fourth-order valence-electron chi connectivity index (χ4n) is 3.67. The van der Waals surface area contributed by atoms with E-state index in [4.69, 9.17) is 4.74 Å². The number of rotatable bonds is 7. The number of nitrogens with zero attached hydrogens (tertiary/aromatic N) is 1. The number of hydrogen-bond donors (Lipinski definition) is 3. The van der Waals surface area contributed by atoms with Crippen molar-refractivity contribution < 1.29 is 29.5 Å². The van der Waals surface area contributed by atoms with Gasteiger partial charge in [-0.2, -0.15) is 0 Å². The predicted octanol–water partition coefficient (Wildman–Crippen LogP) is 3.88. The second-order valence-electron chi connectivity index (χ2n) is 7.38. The Morgan fingerprint density at radius 2 is 1.79 bits per heavy atom. The van der Waals surface area contributed by atoms with Gasteiger partial charge in [0.25, 0.3) is 5.69 Å². The molecule has 0 amide bonds. The number of hydrogen-bond acceptors (Lipinski definition) is 7. The molecule has 0 bridgehead atoms. The molecule has 1 aliphatic heterocycles. The minimum atomic E-state index is -1.25. The standard InChI is InChI=1S/C24H22N2O7/c1-14-20(23(28)29)22(17-6-3-7-18(13-17)26(31)32)21(15(2)25-14)24(30)33-12-4-5-16-8-10-19(27)11-9-16/h3-11,13,22,25,27H,12H2,1-2H3,(H,28,29). The van der Waals surface area contributed by atoms with E-state index in [0.717, 1.165) is 5.56 Å². The third kappa shape index (κ3) is 5.27. The van der Waals surface area contributed by atoms with Crippen LogP contribution < -0.4 is 5.32 Å². The van der Waals surface area contributed by atoms with E-state index < -0.39 is 22.8 Å². The van der Waals surface area contributed by atoms with Crippen LogP contribution in [0.4, 0.5) is 5.69 Å². The quantitative estimate of drug-likeness (QED) is 0.328. The molecule has 9 heteroatoms. The number of phenolic OH excluding ortho intramolecular Hbond substituents is 1. The highest BCUT2D eigenvalue weighted by Crippen LogP contribution is 2.39. The molecule has 3 rings (SSSR count). The van der Waals surface area contributed by atoms with Crippen molar-refractivity contribution in [2.45, 2.75) is 19.8 Å². The Labute approximate surface area is 189 Å². The Hall–Kier alpha value is -4.40. The van der Waals surface area contributed by atoms with Gasteiger partial charge in [0.2, 0.25) is 0 Å². The summed E-state index contributed by atoms with van der Waals surface area (Å²) in [5, 5.41) is 33.3. The van der Waals surface area contributed by atoms with Crippen LogP contribution in [0.25, 0.3) is 6.08 Å². The third-order valence-corrected chi connectivity index (χ3v) is 5.14. The van der Waals surface area contributed by atoms with Gasteiger partial charge in [0, 0.05) is 23.5 Å². The van der Waals surface area contributed by atoms with Crippen LogP contribution in [0.15, 0.2) is 77.1 Å². The lowest BCUT2D eigenvalue weighted by molar-refractivity contribution is -0.384. The van der Waals surface area contributed by atoms with Crippen molar-refractivity contribution >= 4 is 23.7 Å². The molecule has 3 N–H and O–H groups in total. The molecule has 9 nitrogen and oxygen atoms in total. The van der Waals surface area contributed by atoms with Crippen LogP contribution in [0, 0.1) is 10.1 Å². The zero-order valence-electron chi connectivity index (χ0n) is 17.9. The van der Waals surface area contributed by atoms with E-state index in [-0.39, 0.29) is 29.2 Å². The topological polar surface area (TPSA) is 139 Å². The Bertz CT molecular complexity index is 1190. The molecule has 0 radical (unpaired) electrons. The molecular weight excluding hydrogens is 428 g/mol. The van der Waals surface area contributed by atoms with Crippen LogP contribution >= 0.6 is 0 Å². The van der Waals surface area contributed by atoms with E-state index in [1.807, 2.05) is 0 Å². The largest absolute Gasteiger partial charge is 0.508 e. The molecule has 0 fully saturated rings. The molecule has 33 heavy (non-hydrogen) atoms. The molecule has 2 aromatic carbocycles. The number of aromatic hydroxyl groups is 1. The molecule has 0 spiro atoms. The highest BCUT2D eigenvalue weighted by Gasteiger charge is 2.37. The number of carboxylic acid groups (broad SMARTS) is 1. The fourth-order valence-corrected chi connectivity index (χ4v) is 3.67. The molecule has 0 aromatic heterocycles. The molecule has 1 atom stereocenters. The number of dihydropyridines is 1. The molecule has 0 saturated carbocycles. The molecule has 2 aromatic rings. The van der Waals surface area contributed by atoms with Crippen LogP contribution in [0.2, 0.25) is 0 Å². The summed E-state index contributed by atoms with van der Waals surface area (Å²) in [7, 11) is 0. The van der Waals surface area contributed by atoms with Crippen molar-refractivity contribution in [1.29, 1.82) is 0 Å². The molecular formula is C24H22N2O7. The van der Waals surface area contributed by atoms with Crippen LogP contribution in [0.1, 0.15) is 30.9 Å². The zero-order valence-corrected chi connectivity index (χ0v) is 17.9. The number of ether oxygens (including phenoxy) is 1. The maximum Gasteiger partial charge on any atom is 0.337 e. The maximum atomic E-state index is 13.0. The van der Waals surface area contributed by atoms with E-state index in [1.165, 1.54) is 30.3 Å². The number of benzene rings is 2. The van der Waals surface area contributed by atoms with Crippen LogP contribution in [0.5, 0.6) is 5.75 Å². The average Bonchev–Trinajstić information content (AvgIpc) is 2.77. The van der Waals surface area contributed by atoms with Gasteiger partial charge in [-0.1, -0.05) is 30.3 Å². The Kier molecular flexibility index (Phi) is 6.92. The fraction of sp³-hybridized carbons (Fsp3) is 0.167. The molecule has 1 unspecified atom stereocenters. The first-order chi connectivity index (χ1) is 15.7. The van der Waals surface area contributed by atoms with Crippen molar-refractivity contribution in [2.24, 2.45) is 0 Å². The summed E-state index contributed by atoms with van der Waals surface area (Å²) in [5.74, 6) is -2.90. The Morgan fingerprint density at radius 1 is 1.12 bits per heavy atom. The van der Waals surface area contributed by atoms with E-state index in [9.17, 15) is 29.9 Å². The number of phenols is 1. The first-order valence-electron chi connectivity index (χ1n) is 9.98. The van der Waals surface area contributed by atoms with Crippen molar-refractivity contribution in [3.63, 3.8) is 0 Å². The van der Waals surface area contributed by atoms with Gasteiger partial charge in [-0.3, -0.25) is 10.1 Å². The van der Waals surface area contributed by atoms with Gasteiger partial charge < -0.3 is 20.3 Å². The summed E-state index contributed by atoms with van der Waals surface area (Å²) in [6, 6.07) is 12.0. The lowest BCUT2D eigenvalue weighted by Crippen LogP contribution is -2.31. The van der Waals surface area contributed by atoms with Crippen molar-refractivity contribution in [3.8, 4) is 5.75 Å². The molecule has 0 saturated heterocycles. The maximum absolute atomic E-state index is 13.0. The Balaban J connectivity index is 1.90. The van der Waals surface area contributed by atoms with Gasteiger partial charge in [-0.05, 0) is 43.2 Å². The number of allylic oxidation sites excluding steroid dienone is 2. The number of esters is 1. The van der Waals surface area contributed by atoms with E-state index >= 15 is 0 Å². The smallest absolute Gasteiger partial charge is 0.337 e. The summed E-state index contributed by atoms with van der Waals surface area (Å²) in [6.07, 6.45) is 3.32. The molecule has 0 aliphatic carbocycles. The summed E-state index contributed by atoms with van der Waals surface area (Å²) < 4.78 is 5.37. The van der Waals surface area contributed by atoms with Gasteiger partial charge in [-0.15, -0.1) is 0 Å². The molecule has 170 valence electrons. The summed E-state index contributed by atoms with van der Waals surface area (Å²) in [5.41, 5.74) is 1.59. The van der Waals surface area contributed by atoms with Gasteiger partial charge in [0.1, 0.15) is 12.4 Å². The highest BCUT2D eigenvalue weighted by molar-refractivity contribution is 5.99. The van der Waals surface area contributed by atoms with Gasteiger partial charge >= 0.3 is 11.9 Å². The number of aliphatic carboxylic acids is 1.